The maximum Gasteiger partial charge on any atom is 0.327 e. The van der Waals surface area contributed by atoms with Crippen molar-refractivity contribution in [3.63, 3.8) is 0 Å². The fraction of sp³-hybridized carbons (Fsp3) is 0.500. The molecule has 1 N–H and O–H groups in total. The van der Waals surface area contributed by atoms with Crippen LogP contribution in [0.1, 0.15) is 6.92 Å². The fourth-order valence-electron chi connectivity index (χ4n) is 2.76. The Morgan fingerprint density at radius 2 is 2.05 bits per heavy atom. The molecule has 1 amide bonds. The van der Waals surface area contributed by atoms with Gasteiger partial charge in [-0.15, -0.1) is 0 Å². The zero-order valence-corrected chi connectivity index (χ0v) is 14.0. The smallest absolute Gasteiger partial charge is 0.327 e. The van der Waals surface area contributed by atoms with Crippen molar-refractivity contribution in [2.75, 3.05) is 32.7 Å². The van der Waals surface area contributed by atoms with Crippen LogP contribution in [0.25, 0.3) is 11.2 Å². The van der Waals surface area contributed by atoms with E-state index in [0.29, 0.717) is 12.2 Å². The number of aromatic amines is 1. The van der Waals surface area contributed by atoms with Crippen LogP contribution >= 0.6 is 15.9 Å². The summed E-state index contributed by atoms with van der Waals surface area (Å²) < 4.78 is 2.56. The molecule has 1 saturated heterocycles. The number of nitrogens with zero attached hydrogens (tertiary/aromatic N) is 4. The molecule has 8 heteroatoms. The molecule has 0 bridgehead atoms. The number of amides is 1. The zero-order chi connectivity index (χ0) is 15.7. The molecule has 1 fully saturated rings. The summed E-state index contributed by atoms with van der Waals surface area (Å²) in [7, 11) is 0. The van der Waals surface area contributed by atoms with Crippen molar-refractivity contribution in [3.05, 3.63) is 27.2 Å². The van der Waals surface area contributed by atoms with Crippen LogP contribution in [-0.4, -0.2) is 63.0 Å². The second-order valence-corrected chi connectivity index (χ2v) is 6.37. The van der Waals surface area contributed by atoms with Gasteiger partial charge in [0.25, 0.3) is 0 Å². The van der Waals surface area contributed by atoms with Gasteiger partial charge in [-0.2, -0.15) is 0 Å². The summed E-state index contributed by atoms with van der Waals surface area (Å²) in [6.45, 7) is 6.20. The first kappa shape index (κ1) is 15.2. The molecule has 2 aromatic heterocycles. The molecule has 0 radical (unpaired) electrons. The quantitative estimate of drug-likeness (QED) is 0.864. The average Bonchev–Trinajstić information content (AvgIpc) is 2.80. The molecular formula is C14H18BrN5O2. The summed E-state index contributed by atoms with van der Waals surface area (Å²) in [6.07, 6.45) is 1.67. The van der Waals surface area contributed by atoms with Crippen LogP contribution in [0, 0.1) is 0 Å². The molecule has 118 valence electrons. The molecule has 1 aliphatic rings. The number of hydrogen-bond acceptors (Lipinski definition) is 4. The van der Waals surface area contributed by atoms with Crippen molar-refractivity contribution in [1.29, 1.82) is 0 Å². The molecule has 7 nitrogen and oxygen atoms in total. The maximum atomic E-state index is 12.0. The fourth-order valence-corrected chi connectivity index (χ4v) is 3.08. The van der Waals surface area contributed by atoms with Crippen LogP contribution in [0.2, 0.25) is 0 Å². The van der Waals surface area contributed by atoms with Gasteiger partial charge >= 0.3 is 5.69 Å². The molecular weight excluding hydrogens is 350 g/mol. The first-order valence-electron chi connectivity index (χ1n) is 7.26. The topological polar surface area (TPSA) is 74.2 Å². The van der Waals surface area contributed by atoms with Crippen LogP contribution < -0.4 is 5.69 Å². The summed E-state index contributed by atoms with van der Waals surface area (Å²) in [5.41, 5.74) is 1.28. The number of pyridine rings is 1. The minimum Gasteiger partial charge on any atom is -0.340 e. The van der Waals surface area contributed by atoms with Gasteiger partial charge in [-0.3, -0.25) is 19.2 Å². The highest BCUT2D eigenvalue weighted by Gasteiger charge is 2.18. The molecule has 0 aliphatic carbocycles. The van der Waals surface area contributed by atoms with E-state index in [1.54, 1.807) is 17.7 Å². The lowest BCUT2D eigenvalue weighted by molar-refractivity contribution is -0.130. The van der Waals surface area contributed by atoms with Gasteiger partial charge in [0.2, 0.25) is 5.91 Å². The van der Waals surface area contributed by atoms with Crippen LogP contribution in [0.15, 0.2) is 21.5 Å². The lowest BCUT2D eigenvalue weighted by atomic mass is 10.3. The number of hydrogen-bond donors (Lipinski definition) is 1. The Labute approximate surface area is 136 Å². The van der Waals surface area contributed by atoms with Crippen molar-refractivity contribution >= 4 is 33.0 Å². The molecule has 1 aliphatic heterocycles. The van der Waals surface area contributed by atoms with Crippen molar-refractivity contribution in [2.24, 2.45) is 0 Å². The maximum absolute atomic E-state index is 12.0. The van der Waals surface area contributed by atoms with Crippen molar-refractivity contribution in [2.45, 2.75) is 13.5 Å². The van der Waals surface area contributed by atoms with Crippen LogP contribution in [-0.2, 0) is 11.3 Å². The average molecular weight is 368 g/mol. The van der Waals surface area contributed by atoms with E-state index < -0.39 is 0 Å². The third-order valence-corrected chi connectivity index (χ3v) is 4.49. The lowest BCUT2D eigenvalue weighted by Crippen LogP contribution is -2.48. The normalized spacial score (nSPS) is 16.4. The monoisotopic (exact) mass is 367 g/mol. The van der Waals surface area contributed by atoms with E-state index >= 15 is 0 Å². The molecule has 3 heterocycles. The Balaban J connectivity index is 1.67. The van der Waals surface area contributed by atoms with E-state index in [2.05, 4.69) is 30.8 Å². The van der Waals surface area contributed by atoms with Gasteiger partial charge < -0.3 is 4.90 Å². The van der Waals surface area contributed by atoms with E-state index in [4.69, 9.17) is 0 Å². The Bertz CT molecular complexity index is 745. The van der Waals surface area contributed by atoms with Crippen molar-refractivity contribution in [1.82, 2.24) is 24.3 Å². The van der Waals surface area contributed by atoms with Gasteiger partial charge in [0.05, 0.1) is 5.52 Å². The Hall–Kier alpha value is -1.67. The highest BCUT2D eigenvalue weighted by Crippen LogP contribution is 2.14. The number of halogens is 1. The van der Waals surface area contributed by atoms with Crippen LogP contribution in [0.4, 0.5) is 0 Å². The van der Waals surface area contributed by atoms with E-state index in [1.165, 1.54) is 0 Å². The van der Waals surface area contributed by atoms with Gasteiger partial charge in [-0.25, -0.2) is 9.78 Å². The number of nitrogens with one attached hydrogen (secondary N) is 1. The van der Waals surface area contributed by atoms with E-state index in [0.717, 1.165) is 42.7 Å². The largest absolute Gasteiger partial charge is 0.340 e. The second kappa shape index (κ2) is 6.21. The number of carbonyl (C=O) groups excluding carboxylic acids is 1. The molecule has 0 unspecified atom stereocenters. The Morgan fingerprint density at radius 3 is 2.73 bits per heavy atom. The predicted molar refractivity (Wildman–Crippen MR) is 86.7 cm³/mol. The number of aromatic nitrogens is 3. The molecule has 0 spiro atoms. The minimum atomic E-state index is -0.136. The summed E-state index contributed by atoms with van der Waals surface area (Å²) in [6, 6.07) is 1.90. The molecule has 0 aromatic carbocycles. The van der Waals surface area contributed by atoms with Gasteiger partial charge in [0.15, 0.2) is 5.65 Å². The number of carbonyl (C=O) groups is 1. The molecule has 0 saturated carbocycles. The Morgan fingerprint density at radius 1 is 1.32 bits per heavy atom. The predicted octanol–water partition coefficient (Wildman–Crippen LogP) is 0.651. The standard InChI is InChI=1S/C14H18BrN5O2/c1-10(21)19-5-2-18(3-6-19)4-7-20-12-8-11(15)9-16-13(12)17-14(20)22/h8-9H,2-7H2,1H3,(H,16,17,22). The van der Waals surface area contributed by atoms with Gasteiger partial charge in [-0.1, -0.05) is 0 Å². The lowest BCUT2D eigenvalue weighted by Gasteiger charge is -2.34. The number of imidazole rings is 1. The molecule has 0 atom stereocenters. The molecule has 2 aromatic rings. The Kier molecular flexibility index (Phi) is 4.30. The van der Waals surface area contributed by atoms with Crippen molar-refractivity contribution in [3.8, 4) is 0 Å². The highest BCUT2D eigenvalue weighted by atomic mass is 79.9. The number of H-pyrrole nitrogens is 1. The number of rotatable bonds is 3. The summed E-state index contributed by atoms with van der Waals surface area (Å²) in [5.74, 6) is 0.128. The van der Waals surface area contributed by atoms with Gasteiger partial charge in [-0.05, 0) is 22.0 Å². The first-order valence-corrected chi connectivity index (χ1v) is 8.06. The van der Waals surface area contributed by atoms with Gasteiger partial charge in [0.1, 0.15) is 0 Å². The van der Waals surface area contributed by atoms with Crippen molar-refractivity contribution < 1.29 is 4.79 Å². The summed E-state index contributed by atoms with van der Waals surface area (Å²) in [4.78, 5) is 34.5. The highest BCUT2D eigenvalue weighted by molar-refractivity contribution is 9.10. The summed E-state index contributed by atoms with van der Waals surface area (Å²) in [5, 5.41) is 0. The van der Waals surface area contributed by atoms with E-state index in [-0.39, 0.29) is 11.6 Å². The zero-order valence-electron chi connectivity index (χ0n) is 12.4. The SMILES string of the molecule is CC(=O)N1CCN(CCn2c(=O)[nH]c3ncc(Br)cc32)CC1. The second-order valence-electron chi connectivity index (χ2n) is 5.45. The van der Waals surface area contributed by atoms with Gasteiger partial charge in [0, 0.05) is 56.9 Å². The van der Waals surface area contributed by atoms with Crippen LogP contribution in [0.5, 0.6) is 0 Å². The molecule has 22 heavy (non-hydrogen) atoms. The first-order chi connectivity index (χ1) is 10.5. The van der Waals surface area contributed by atoms with E-state index in [9.17, 15) is 9.59 Å². The third kappa shape index (κ3) is 3.07. The summed E-state index contributed by atoms with van der Waals surface area (Å²) >= 11 is 3.38. The van der Waals surface area contributed by atoms with E-state index in [1.807, 2.05) is 11.0 Å². The minimum absolute atomic E-state index is 0.128. The number of fused-ring (bicyclic) bond motifs is 1. The number of piperazine rings is 1. The molecule has 3 rings (SSSR count). The third-order valence-electron chi connectivity index (χ3n) is 4.05. The van der Waals surface area contributed by atoms with Crippen LogP contribution in [0.3, 0.4) is 0 Å².